The second-order valence-corrected chi connectivity index (χ2v) is 5.21. The minimum Gasteiger partial charge on any atom is -0.349 e. The molecule has 0 bridgehead atoms. The van der Waals surface area contributed by atoms with Gasteiger partial charge >= 0.3 is 0 Å². The van der Waals surface area contributed by atoms with Gasteiger partial charge in [-0.05, 0) is 37.3 Å². The molecule has 1 saturated carbocycles. The molecule has 2 rings (SSSR count). The number of nitrogens with two attached hydrogens (primary N) is 1. The van der Waals surface area contributed by atoms with Gasteiger partial charge in [0, 0.05) is 6.54 Å². The zero-order chi connectivity index (χ0) is 13.2. The minimum atomic E-state index is -0.345. The van der Waals surface area contributed by atoms with Crippen molar-refractivity contribution >= 4 is 5.91 Å². The lowest BCUT2D eigenvalue weighted by Crippen LogP contribution is -2.53. The molecule has 0 aromatic heterocycles. The first kappa shape index (κ1) is 13.0. The number of carbonyl (C=O) groups is 1. The average Bonchev–Trinajstić information content (AvgIpc) is 3.16. The summed E-state index contributed by atoms with van der Waals surface area (Å²) >= 11 is 0. The van der Waals surface area contributed by atoms with Gasteiger partial charge in [-0.2, -0.15) is 0 Å². The largest absolute Gasteiger partial charge is 0.349 e. The standard InChI is InChI=1S/C14H19FN2O/c1-14(9-16,11-6-7-11)17-13(18)8-10-4-2-3-5-12(10)15/h2-5,11H,6-9,16H2,1H3,(H,17,18). The maximum atomic E-state index is 13.4. The van der Waals surface area contributed by atoms with Crippen molar-refractivity contribution in [1.29, 1.82) is 0 Å². The molecule has 0 spiro atoms. The third-order valence-corrected chi connectivity index (χ3v) is 3.64. The number of carbonyl (C=O) groups excluding carboxylic acids is 1. The zero-order valence-corrected chi connectivity index (χ0v) is 10.6. The van der Waals surface area contributed by atoms with Crippen LogP contribution in [0.5, 0.6) is 0 Å². The normalized spacial score (nSPS) is 18.2. The van der Waals surface area contributed by atoms with Gasteiger partial charge in [0.05, 0.1) is 12.0 Å². The Morgan fingerprint density at radius 2 is 2.17 bits per heavy atom. The van der Waals surface area contributed by atoms with E-state index in [0.29, 0.717) is 18.0 Å². The molecule has 3 N–H and O–H groups in total. The van der Waals surface area contributed by atoms with Crippen LogP contribution in [-0.4, -0.2) is 18.0 Å². The van der Waals surface area contributed by atoms with Gasteiger partial charge in [-0.15, -0.1) is 0 Å². The summed E-state index contributed by atoms with van der Waals surface area (Å²) in [4.78, 5) is 11.9. The average molecular weight is 250 g/mol. The number of nitrogens with one attached hydrogen (secondary N) is 1. The van der Waals surface area contributed by atoms with Crippen molar-refractivity contribution in [1.82, 2.24) is 5.32 Å². The molecule has 1 aromatic carbocycles. The van der Waals surface area contributed by atoms with Crippen molar-refractivity contribution in [2.45, 2.75) is 31.7 Å². The van der Waals surface area contributed by atoms with E-state index in [1.807, 2.05) is 6.92 Å². The third kappa shape index (κ3) is 2.88. The number of benzene rings is 1. The van der Waals surface area contributed by atoms with Crippen molar-refractivity contribution in [3.05, 3.63) is 35.6 Å². The van der Waals surface area contributed by atoms with Crippen molar-refractivity contribution in [3.63, 3.8) is 0 Å². The van der Waals surface area contributed by atoms with Crippen molar-refractivity contribution in [2.24, 2.45) is 11.7 Å². The Morgan fingerprint density at radius 1 is 1.50 bits per heavy atom. The van der Waals surface area contributed by atoms with Crippen LogP contribution in [0.3, 0.4) is 0 Å². The summed E-state index contributed by atoms with van der Waals surface area (Å²) in [5, 5.41) is 2.95. The van der Waals surface area contributed by atoms with Crippen LogP contribution in [0.1, 0.15) is 25.3 Å². The fraction of sp³-hybridized carbons (Fsp3) is 0.500. The van der Waals surface area contributed by atoms with Gasteiger partial charge in [0.25, 0.3) is 0 Å². The second kappa shape index (κ2) is 5.06. The van der Waals surface area contributed by atoms with Crippen LogP contribution >= 0.6 is 0 Å². The zero-order valence-electron chi connectivity index (χ0n) is 10.6. The van der Waals surface area contributed by atoms with Crippen LogP contribution < -0.4 is 11.1 Å². The quantitative estimate of drug-likeness (QED) is 0.834. The van der Waals surface area contributed by atoms with Crippen LogP contribution in [0.4, 0.5) is 4.39 Å². The summed E-state index contributed by atoms with van der Waals surface area (Å²) in [5.41, 5.74) is 5.81. The first-order valence-corrected chi connectivity index (χ1v) is 6.29. The minimum absolute atomic E-state index is 0.0645. The molecule has 1 aliphatic carbocycles. The van der Waals surface area contributed by atoms with E-state index in [4.69, 9.17) is 5.73 Å². The highest BCUT2D eigenvalue weighted by Gasteiger charge is 2.41. The van der Waals surface area contributed by atoms with E-state index in [-0.39, 0.29) is 23.7 Å². The van der Waals surface area contributed by atoms with Gasteiger partial charge in [-0.25, -0.2) is 4.39 Å². The smallest absolute Gasteiger partial charge is 0.225 e. The molecule has 4 heteroatoms. The van der Waals surface area contributed by atoms with E-state index in [1.54, 1.807) is 18.2 Å². The molecule has 1 atom stereocenters. The highest BCUT2D eigenvalue weighted by molar-refractivity contribution is 5.79. The van der Waals surface area contributed by atoms with Gasteiger partial charge in [0.2, 0.25) is 5.91 Å². The Bertz CT molecular complexity index is 445. The van der Waals surface area contributed by atoms with E-state index < -0.39 is 0 Å². The molecule has 0 saturated heterocycles. The van der Waals surface area contributed by atoms with E-state index >= 15 is 0 Å². The maximum absolute atomic E-state index is 13.4. The van der Waals surface area contributed by atoms with E-state index in [0.717, 1.165) is 12.8 Å². The number of hydrogen-bond donors (Lipinski definition) is 2. The molecule has 98 valence electrons. The fourth-order valence-corrected chi connectivity index (χ4v) is 2.22. The maximum Gasteiger partial charge on any atom is 0.225 e. The molecule has 1 aliphatic rings. The summed E-state index contributed by atoms with van der Waals surface area (Å²) in [6, 6.07) is 6.34. The van der Waals surface area contributed by atoms with Gasteiger partial charge in [0.1, 0.15) is 5.82 Å². The van der Waals surface area contributed by atoms with E-state index in [2.05, 4.69) is 5.32 Å². The number of amides is 1. The van der Waals surface area contributed by atoms with Gasteiger partial charge in [-0.1, -0.05) is 18.2 Å². The number of rotatable bonds is 5. The van der Waals surface area contributed by atoms with Crippen LogP contribution in [0.15, 0.2) is 24.3 Å². The van der Waals surface area contributed by atoms with Crippen molar-refractivity contribution < 1.29 is 9.18 Å². The number of hydrogen-bond acceptors (Lipinski definition) is 2. The topological polar surface area (TPSA) is 55.1 Å². The fourth-order valence-electron chi connectivity index (χ4n) is 2.22. The summed E-state index contributed by atoms with van der Waals surface area (Å²) in [5.74, 6) is -0.0412. The predicted octanol–water partition coefficient (Wildman–Crippen LogP) is 1.61. The molecule has 1 aromatic rings. The van der Waals surface area contributed by atoms with Crippen LogP contribution in [0.2, 0.25) is 0 Å². The van der Waals surface area contributed by atoms with Crippen LogP contribution in [-0.2, 0) is 11.2 Å². The molecule has 0 aliphatic heterocycles. The SMILES string of the molecule is CC(CN)(NC(=O)Cc1ccccc1F)C1CC1. The van der Waals surface area contributed by atoms with Crippen LogP contribution in [0, 0.1) is 11.7 Å². The van der Waals surface area contributed by atoms with E-state index in [1.165, 1.54) is 6.07 Å². The molecule has 1 fully saturated rings. The molecule has 1 amide bonds. The molecule has 0 heterocycles. The summed E-state index contributed by atoms with van der Waals surface area (Å²) in [6.45, 7) is 2.38. The van der Waals surface area contributed by atoms with Gasteiger partial charge < -0.3 is 11.1 Å². The molecular weight excluding hydrogens is 231 g/mol. The molecule has 3 nitrogen and oxygen atoms in total. The summed E-state index contributed by atoms with van der Waals surface area (Å²) in [7, 11) is 0. The Labute approximate surface area is 107 Å². The summed E-state index contributed by atoms with van der Waals surface area (Å²) in [6.07, 6.45) is 2.27. The highest BCUT2D eigenvalue weighted by Crippen LogP contribution is 2.38. The Balaban J connectivity index is 1.98. The highest BCUT2D eigenvalue weighted by atomic mass is 19.1. The van der Waals surface area contributed by atoms with Gasteiger partial charge in [0.15, 0.2) is 0 Å². The molecule has 1 unspecified atom stereocenters. The van der Waals surface area contributed by atoms with Gasteiger partial charge in [-0.3, -0.25) is 4.79 Å². The van der Waals surface area contributed by atoms with Crippen LogP contribution in [0.25, 0.3) is 0 Å². The summed E-state index contributed by atoms with van der Waals surface area (Å²) < 4.78 is 13.4. The first-order chi connectivity index (χ1) is 8.55. The van der Waals surface area contributed by atoms with Crippen molar-refractivity contribution in [3.8, 4) is 0 Å². The Kier molecular flexibility index (Phi) is 3.66. The lowest BCUT2D eigenvalue weighted by Gasteiger charge is -2.29. The predicted molar refractivity (Wildman–Crippen MR) is 68.4 cm³/mol. The second-order valence-electron chi connectivity index (χ2n) is 5.21. The Morgan fingerprint density at radius 3 is 2.72 bits per heavy atom. The molecule has 0 radical (unpaired) electrons. The lowest BCUT2D eigenvalue weighted by molar-refractivity contribution is -0.122. The van der Waals surface area contributed by atoms with Crippen molar-refractivity contribution in [2.75, 3.05) is 6.54 Å². The molecular formula is C14H19FN2O. The van der Waals surface area contributed by atoms with E-state index in [9.17, 15) is 9.18 Å². The number of halogens is 1. The molecule has 18 heavy (non-hydrogen) atoms. The first-order valence-electron chi connectivity index (χ1n) is 6.29. The third-order valence-electron chi connectivity index (χ3n) is 3.64. The lowest BCUT2D eigenvalue weighted by atomic mass is 9.95. The Hall–Kier alpha value is -1.42. The monoisotopic (exact) mass is 250 g/mol.